The Morgan fingerprint density at radius 2 is 1.83 bits per heavy atom. The lowest BCUT2D eigenvalue weighted by Gasteiger charge is -2.19. The van der Waals surface area contributed by atoms with Gasteiger partial charge in [0.05, 0.1) is 0 Å². The van der Waals surface area contributed by atoms with E-state index < -0.39 is 7.42 Å². The third-order valence-corrected chi connectivity index (χ3v) is 5.51. The molecular weight excluding hydrogens is 242 g/mol. The normalized spacial score (nSPS) is 12.0. The van der Waals surface area contributed by atoms with E-state index >= 15 is 0 Å². The number of halogens is 1. The first kappa shape index (κ1) is 12.5. The summed E-state index contributed by atoms with van der Waals surface area (Å²) in [5.74, 6) is 0. The van der Waals surface area contributed by atoms with Crippen LogP contribution in [0.5, 0.6) is 0 Å². The highest BCUT2D eigenvalue weighted by molar-refractivity contribution is 9.25. The number of hydrogen-bond acceptors (Lipinski definition) is 4. The van der Waals surface area contributed by atoms with E-state index in [9.17, 15) is 0 Å². The Labute approximate surface area is 82.3 Å². The maximum absolute atomic E-state index is 5.39. The molecular formula is C6H16BrNO3Si. The van der Waals surface area contributed by atoms with Crippen LogP contribution in [0.3, 0.4) is 0 Å². The van der Waals surface area contributed by atoms with E-state index in [0.29, 0.717) is 13.2 Å². The van der Waals surface area contributed by atoms with Gasteiger partial charge in [-0.1, -0.05) is 0 Å². The molecule has 0 spiro atoms. The Balaban J connectivity index is 3.45. The molecule has 12 heavy (non-hydrogen) atoms. The Bertz CT molecular complexity index is 113. The zero-order valence-electron chi connectivity index (χ0n) is 7.51. The summed E-state index contributed by atoms with van der Waals surface area (Å²) in [6.07, 6.45) is 1.90. The molecule has 0 saturated carbocycles. The first-order valence-corrected chi connectivity index (χ1v) is 7.80. The van der Waals surface area contributed by atoms with Gasteiger partial charge in [0.1, 0.15) is 0 Å². The van der Waals surface area contributed by atoms with Crippen molar-refractivity contribution >= 4 is 22.7 Å². The van der Waals surface area contributed by atoms with Gasteiger partial charge in [-0.25, -0.2) is 0 Å². The molecule has 0 amide bonds. The van der Waals surface area contributed by atoms with Crippen molar-refractivity contribution in [3.63, 3.8) is 0 Å². The van der Waals surface area contributed by atoms with Crippen molar-refractivity contribution in [1.82, 2.24) is 0 Å². The number of rotatable bonds is 7. The summed E-state index contributed by atoms with van der Waals surface area (Å²) in [6.45, 7) is 1.32. The lowest BCUT2D eigenvalue weighted by atomic mass is 10.3. The molecule has 0 fully saturated rings. The Hall–Kier alpha value is 0.537. The van der Waals surface area contributed by atoms with Crippen molar-refractivity contribution < 1.29 is 13.3 Å². The Morgan fingerprint density at radius 1 is 1.25 bits per heavy atom. The van der Waals surface area contributed by atoms with Crippen molar-refractivity contribution in [2.24, 2.45) is 5.73 Å². The van der Waals surface area contributed by atoms with Crippen molar-refractivity contribution in [2.45, 2.75) is 12.8 Å². The molecule has 0 saturated heterocycles. The lowest BCUT2D eigenvalue weighted by Crippen LogP contribution is -2.37. The van der Waals surface area contributed by atoms with Crippen molar-refractivity contribution in [3.05, 3.63) is 0 Å². The highest BCUT2D eigenvalue weighted by Gasteiger charge is 2.35. The molecule has 0 aromatic heterocycles. The summed E-state index contributed by atoms with van der Waals surface area (Å²) in [4.78, 5) is 0. The minimum atomic E-state index is -2.48. The summed E-state index contributed by atoms with van der Waals surface area (Å²) in [7, 11) is 0.650. The van der Waals surface area contributed by atoms with E-state index in [4.69, 9.17) is 19.0 Å². The number of nitrogens with two attached hydrogens (primary N) is 1. The van der Waals surface area contributed by atoms with Crippen LogP contribution in [0.1, 0.15) is 12.8 Å². The van der Waals surface area contributed by atoms with Crippen LogP contribution in [-0.4, -0.2) is 34.8 Å². The number of unbranched alkanes of at least 4 members (excludes halogenated alkanes) is 1. The van der Waals surface area contributed by atoms with E-state index in [1.807, 2.05) is 0 Å². The van der Waals surface area contributed by atoms with Crippen LogP contribution in [0.2, 0.25) is 0 Å². The van der Waals surface area contributed by atoms with Crippen LogP contribution >= 0.6 is 15.3 Å². The molecule has 0 aromatic carbocycles. The molecule has 0 heterocycles. The topological polar surface area (TPSA) is 53.7 Å². The monoisotopic (exact) mass is 257 g/mol. The summed E-state index contributed by atoms with van der Waals surface area (Å²) >= 11 is 3.28. The zero-order chi connectivity index (χ0) is 9.45. The Morgan fingerprint density at radius 3 is 2.25 bits per heavy atom. The molecule has 0 rings (SSSR count). The summed E-state index contributed by atoms with van der Waals surface area (Å²) in [5.41, 5.74) is 5.32. The van der Waals surface area contributed by atoms with Gasteiger partial charge in [0.25, 0.3) is 0 Å². The fourth-order valence-corrected chi connectivity index (χ4v) is 1.92. The third-order valence-electron chi connectivity index (χ3n) is 1.36. The zero-order valence-corrected chi connectivity index (χ0v) is 10.1. The first-order valence-electron chi connectivity index (χ1n) is 3.81. The van der Waals surface area contributed by atoms with E-state index in [-0.39, 0.29) is 0 Å². The molecule has 0 unspecified atom stereocenters. The van der Waals surface area contributed by atoms with Gasteiger partial charge in [-0.2, -0.15) is 0 Å². The van der Waals surface area contributed by atoms with Crippen LogP contribution in [0, 0.1) is 0 Å². The molecule has 0 aliphatic carbocycles. The smallest absolute Gasteiger partial charge is 0.369 e. The lowest BCUT2D eigenvalue weighted by molar-refractivity contribution is 0.125. The quantitative estimate of drug-likeness (QED) is 0.418. The minimum absolute atomic E-state index is 0.621. The summed E-state index contributed by atoms with van der Waals surface area (Å²) in [6, 6.07) is 0. The van der Waals surface area contributed by atoms with Gasteiger partial charge in [0, 0.05) is 20.8 Å². The number of hydrogen-bond donors (Lipinski definition) is 1. The third kappa shape index (κ3) is 5.23. The second-order valence-electron chi connectivity index (χ2n) is 2.23. The van der Waals surface area contributed by atoms with E-state index in [1.165, 1.54) is 0 Å². The Kier molecular flexibility index (Phi) is 7.30. The second kappa shape index (κ2) is 6.99. The van der Waals surface area contributed by atoms with Crippen LogP contribution in [-0.2, 0) is 13.3 Å². The highest BCUT2D eigenvalue weighted by atomic mass is 79.9. The van der Waals surface area contributed by atoms with E-state index in [2.05, 4.69) is 15.3 Å². The molecule has 0 atom stereocenters. The largest absolute Gasteiger partial charge is 0.579 e. The van der Waals surface area contributed by atoms with Crippen molar-refractivity contribution in [1.29, 1.82) is 0 Å². The van der Waals surface area contributed by atoms with Crippen LogP contribution < -0.4 is 5.73 Å². The van der Waals surface area contributed by atoms with Gasteiger partial charge >= 0.3 is 7.42 Å². The van der Waals surface area contributed by atoms with Crippen molar-refractivity contribution in [3.8, 4) is 0 Å². The van der Waals surface area contributed by atoms with E-state index in [1.54, 1.807) is 14.2 Å². The SMILES string of the molecule is CO[Si](Br)(OC)OCCCCN. The molecule has 0 bridgehead atoms. The molecule has 0 aliphatic heterocycles. The van der Waals surface area contributed by atoms with Gasteiger partial charge in [0.15, 0.2) is 0 Å². The van der Waals surface area contributed by atoms with Gasteiger partial charge in [-0.3, -0.25) is 0 Å². The second-order valence-corrected chi connectivity index (χ2v) is 7.22. The van der Waals surface area contributed by atoms with Gasteiger partial charge in [-0.05, 0) is 34.7 Å². The van der Waals surface area contributed by atoms with Crippen LogP contribution in [0.4, 0.5) is 0 Å². The predicted octanol–water partition coefficient (Wildman–Crippen LogP) is 0.865. The summed E-state index contributed by atoms with van der Waals surface area (Å²) in [5, 5.41) is 0. The van der Waals surface area contributed by atoms with Gasteiger partial charge in [0.2, 0.25) is 0 Å². The predicted molar refractivity (Wildman–Crippen MR) is 52.9 cm³/mol. The highest BCUT2D eigenvalue weighted by Crippen LogP contribution is 2.15. The van der Waals surface area contributed by atoms with Gasteiger partial charge in [-0.15, -0.1) is 0 Å². The fourth-order valence-electron chi connectivity index (χ4n) is 0.642. The molecule has 4 nitrogen and oxygen atoms in total. The standard InChI is InChI=1S/C6H16BrNO3Si/c1-9-12(7,10-2)11-6-4-3-5-8/h3-6,8H2,1-2H3. The van der Waals surface area contributed by atoms with Gasteiger partial charge < -0.3 is 19.0 Å². The minimum Gasteiger partial charge on any atom is -0.369 e. The van der Waals surface area contributed by atoms with E-state index in [0.717, 1.165) is 12.8 Å². The maximum Gasteiger partial charge on any atom is 0.579 e. The van der Waals surface area contributed by atoms with Crippen molar-refractivity contribution in [2.75, 3.05) is 27.4 Å². The molecule has 74 valence electrons. The molecule has 0 aromatic rings. The van der Waals surface area contributed by atoms with Crippen LogP contribution in [0.15, 0.2) is 0 Å². The molecule has 6 heteroatoms. The van der Waals surface area contributed by atoms with Crippen LogP contribution in [0.25, 0.3) is 0 Å². The summed E-state index contributed by atoms with van der Waals surface area (Å²) < 4.78 is 15.5. The average Bonchev–Trinajstić information content (AvgIpc) is 2.12. The molecule has 0 radical (unpaired) electrons. The molecule has 0 aliphatic rings. The maximum atomic E-state index is 5.39. The fraction of sp³-hybridized carbons (Fsp3) is 1.00. The first-order chi connectivity index (χ1) is 5.68. The molecule has 2 N–H and O–H groups in total. The average molecular weight is 258 g/mol.